The molecule has 2 saturated carbocycles. The number of nitrogens with two attached hydrogens (primary N) is 1. The van der Waals surface area contributed by atoms with Gasteiger partial charge in [0, 0.05) is 6.42 Å². The molecule has 0 aromatic carbocycles. The van der Waals surface area contributed by atoms with Crippen LogP contribution in [0.25, 0.3) is 0 Å². The maximum atomic E-state index is 13.1. The zero-order valence-corrected chi connectivity index (χ0v) is 8.08. The third kappa shape index (κ3) is 1.13. The third-order valence-electron chi connectivity index (χ3n) is 4.06. The first-order valence-corrected chi connectivity index (χ1v) is 5.08. The van der Waals surface area contributed by atoms with Crippen molar-refractivity contribution in [3.05, 3.63) is 0 Å². The van der Waals surface area contributed by atoms with Gasteiger partial charge in [-0.15, -0.1) is 0 Å². The monoisotopic (exact) mass is 189 g/mol. The second-order valence-corrected chi connectivity index (χ2v) is 4.97. The molecule has 13 heavy (non-hydrogen) atoms. The molecule has 2 N–H and O–H groups in total. The van der Waals surface area contributed by atoms with Crippen molar-refractivity contribution < 1.29 is 8.78 Å². The van der Waals surface area contributed by atoms with E-state index in [2.05, 4.69) is 0 Å². The minimum Gasteiger partial charge on any atom is -0.319 e. The van der Waals surface area contributed by atoms with Crippen LogP contribution in [-0.2, 0) is 0 Å². The summed E-state index contributed by atoms with van der Waals surface area (Å²) in [6.45, 7) is 1.94. The van der Waals surface area contributed by atoms with E-state index in [0.29, 0.717) is 0 Å². The Hall–Kier alpha value is -0.180. The van der Waals surface area contributed by atoms with Gasteiger partial charge in [0.25, 0.3) is 5.92 Å². The van der Waals surface area contributed by atoms with E-state index in [1.807, 2.05) is 6.92 Å². The van der Waals surface area contributed by atoms with E-state index in [1.165, 1.54) is 6.42 Å². The van der Waals surface area contributed by atoms with Gasteiger partial charge in [-0.2, -0.15) is 0 Å². The molecule has 2 aliphatic carbocycles. The second-order valence-electron chi connectivity index (χ2n) is 4.97. The van der Waals surface area contributed by atoms with Crippen LogP contribution in [0.3, 0.4) is 0 Å². The molecular weight excluding hydrogens is 172 g/mol. The van der Waals surface area contributed by atoms with Crippen molar-refractivity contribution in [3.63, 3.8) is 0 Å². The zero-order chi connectivity index (χ0) is 9.74. The van der Waals surface area contributed by atoms with Crippen LogP contribution in [-0.4, -0.2) is 11.5 Å². The van der Waals surface area contributed by atoms with E-state index < -0.39 is 11.5 Å². The van der Waals surface area contributed by atoms with Crippen molar-refractivity contribution in [2.45, 2.75) is 56.9 Å². The van der Waals surface area contributed by atoms with Gasteiger partial charge in [0.15, 0.2) is 0 Å². The molecule has 0 aromatic heterocycles. The highest BCUT2D eigenvalue weighted by Gasteiger charge is 2.75. The molecule has 2 fully saturated rings. The van der Waals surface area contributed by atoms with Gasteiger partial charge in [-0.3, -0.25) is 0 Å². The average molecular weight is 189 g/mol. The van der Waals surface area contributed by atoms with Crippen molar-refractivity contribution >= 4 is 0 Å². The number of alkyl halides is 2. The van der Waals surface area contributed by atoms with Gasteiger partial charge in [0.05, 0.1) is 5.54 Å². The van der Waals surface area contributed by atoms with Gasteiger partial charge in [-0.1, -0.05) is 26.2 Å². The summed E-state index contributed by atoms with van der Waals surface area (Å²) in [7, 11) is 0. The van der Waals surface area contributed by atoms with E-state index in [0.717, 1.165) is 25.7 Å². The van der Waals surface area contributed by atoms with Gasteiger partial charge in [-0.25, -0.2) is 8.78 Å². The highest BCUT2D eigenvalue weighted by molar-refractivity contribution is 5.23. The molecule has 0 radical (unpaired) electrons. The summed E-state index contributed by atoms with van der Waals surface area (Å²) in [6, 6.07) is 0. The van der Waals surface area contributed by atoms with Crippen molar-refractivity contribution in [1.29, 1.82) is 0 Å². The quantitative estimate of drug-likeness (QED) is 0.674. The average Bonchev–Trinajstić information content (AvgIpc) is 2.55. The van der Waals surface area contributed by atoms with E-state index in [4.69, 9.17) is 5.73 Å². The first-order chi connectivity index (χ1) is 5.91. The molecule has 2 aliphatic rings. The Morgan fingerprint density at radius 3 is 1.92 bits per heavy atom. The lowest BCUT2D eigenvalue weighted by Gasteiger charge is -2.39. The summed E-state index contributed by atoms with van der Waals surface area (Å²) in [5.74, 6) is -2.60. The summed E-state index contributed by atoms with van der Waals surface area (Å²) in [4.78, 5) is 0. The molecule has 1 atom stereocenters. The maximum Gasteiger partial charge on any atom is 0.268 e. The lowest BCUT2D eigenvalue weighted by molar-refractivity contribution is 0.0279. The molecule has 0 saturated heterocycles. The molecule has 1 nitrogen and oxygen atoms in total. The van der Waals surface area contributed by atoms with Crippen LogP contribution in [0.1, 0.15) is 45.4 Å². The van der Waals surface area contributed by atoms with Gasteiger partial charge >= 0.3 is 0 Å². The molecular formula is C10H17F2N. The predicted molar refractivity (Wildman–Crippen MR) is 47.7 cm³/mol. The van der Waals surface area contributed by atoms with E-state index in [9.17, 15) is 8.78 Å². The molecule has 0 spiro atoms. The smallest absolute Gasteiger partial charge is 0.268 e. The number of hydrogen-bond acceptors (Lipinski definition) is 1. The molecule has 0 aliphatic heterocycles. The van der Waals surface area contributed by atoms with Crippen LogP contribution in [0.5, 0.6) is 0 Å². The number of hydrogen-bond donors (Lipinski definition) is 1. The normalized spacial score (nSPS) is 41.5. The molecule has 0 heterocycles. The Morgan fingerprint density at radius 2 is 1.54 bits per heavy atom. The largest absolute Gasteiger partial charge is 0.319 e. The van der Waals surface area contributed by atoms with Crippen molar-refractivity contribution in [2.24, 2.45) is 11.1 Å². The fourth-order valence-electron chi connectivity index (χ4n) is 2.74. The van der Waals surface area contributed by atoms with Crippen LogP contribution in [0, 0.1) is 5.41 Å². The summed E-state index contributed by atoms with van der Waals surface area (Å²) < 4.78 is 26.2. The summed E-state index contributed by atoms with van der Waals surface area (Å²) in [5, 5.41) is 0. The van der Waals surface area contributed by atoms with Crippen molar-refractivity contribution in [2.75, 3.05) is 0 Å². The number of halogens is 2. The molecule has 0 bridgehead atoms. The summed E-state index contributed by atoms with van der Waals surface area (Å²) in [5.41, 5.74) is 4.29. The number of rotatable bonds is 1. The Kier molecular flexibility index (Phi) is 1.76. The van der Waals surface area contributed by atoms with Crippen molar-refractivity contribution in [1.82, 2.24) is 0 Å². The van der Waals surface area contributed by atoms with Crippen molar-refractivity contribution in [3.8, 4) is 0 Å². The summed E-state index contributed by atoms with van der Waals surface area (Å²) >= 11 is 0. The Labute approximate surface area is 77.7 Å². The SMILES string of the molecule is CC1(C2(N)CC2(F)F)CCCCC1. The third-order valence-corrected chi connectivity index (χ3v) is 4.06. The van der Waals surface area contributed by atoms with Gasteiger partial charge in [0.2, 0.25) is 0 Å². The molecule has 1 unspecified atom stereocenters. The molecule has 0 aromatic rings. The van der Waals surface area contributed by atoms with Gasteiger partial charge < -0.3 is 5.73 Å². The van der Waals surface area contributed by atoms with E-state index in [1.54, 1.807) is 0 Å². The van der Waals surface area contributed by atoms with Crippen LogP contribution in [0.4, 0.5) is 8.78 Å². The summed E-state index contributed by atoms with van der Waals surface area (Å²) in [6.07, 6.45) is 4.95. The molecule has 76 valence electrons. The highest BCUT2D eigenvalue weighted by Crippen LogP contribution is 2.63. The fraction of sp³-hybridized carbons (Fsp3) is 1.00. The first-order valence-electron chi connectivity index (χ1n) is 5.08. The fourth-order valence-corrected chi connectivity index (χ4v) is 2.74. The topological polar surface area (TPSA) is 26.0 Å². The highest BCUT2D eigenvalue weighted by atomic mass is 19.3. The molecule has 3 heteroatoms. The van der Waals surface area contributed by atoms with Crippen LogP contribution >= 0.6 is 0 Å². The maximum absolute atomic E-state index is 13.1. The van der Waals surface area contributed by atoms with E-state index >= 15 is 0 Å². The molecule has 2 rings (SSSR count). The Morgan fingerprint density at radius 1 is 1.08 bits per heavy atom. The van der Waals surface area contributed by atoms with Crippen LogP contribution < -0.4 is 5.73 Å². The first kappa shape index (κ1) is 9.38. The Bertz CT molecular complexity index is 221. The zero-order valence-electron chi connectivity index (χ0n) is 8.08. The minimum absolute atomic E-state index is 0.101. The lowest BCUT2D eigenvalue weighted by Crippen LogP contribution is -2.47. The minimum atomic E-state index is -2.60. The van der Waals surface area contributed by atoms with Gasteiger partial charge in [-0.05, 0) is 18.3 Å². The van der Waals surface area contributed by atoms with Gasteiger partial charge in [0.1, 0.15) is 0 Å². The predicted octanol–water partition coefficient (Wildman–Crippen LogP) is 2.69. The molecule has 0 amide bonds. The van der Waals surface area contributed by atoms with Crippen LogP contribution in [0.15, 0.2) is 0 Å². The Balaban J connectivity index is 2.15. The van der Waals surface area contributed by atoms with E-state index in [-0.39, 0.29) is 11.8 Å². The van der Waals surface area contributed by atoms with Crippen LogP contribution in [0.2, 0.25) is 0 Å². The standard InChI is InChI=1S/C10H17F2N/c1-8(5-3-2-4-6-8)9(13)7-10(9,11)12/h2-7,13H2,1H3. The lowest BCUT2D eigenvalue weighted by atomic mass is 9.69. The second kappa shape index (κ2) is 2.44.